The fraction of sp³-hybridized carbons (Fsp3) is 0.167. The van der Waals surface area contributed by atoms with E-state index in [-0.39, 0.29) is 36.9 Å². The first-order valence-corrected chi connectivity index (χ1v) is 7.89. The average molecular weight is 356 g/mol. The van der Waals surface area contributed by atoms with Crippen molar-refractivity contribution in [2.45, 2.75) is 0 Å². The van der Waals surface area contributed by atoms with E-state index < -0.39 is 17.6 Å². The monoisotopic (exact) mass is 356 g/mol. The summed E-state index contributed by atoms with van der Waals surface area (Å²) < 4.78 is 24.2. The lowest BCUT2D eigenvalue weighted by Crippen LogP contribution is -2.38. The minimum absolute atomic E-state index is 0.0390. The lowest BCUT2D eigenvalue weighted by atomic mass is 10.1. The number of hydrogen-bond acceptors (Lipinski definition) is 5. The van der Waals surface area contributed by atoms with Crippen LogP contribution in [0.15, 0.2) is 36.4 Å². The SMILES string of the molecule is O=C(NCCN1C(=O)c2cccc(F)c2C1=O)c1ccc2c(c1)OCO2. The molecule has 0 saturated heterocycles. The first-order chi connectivity index (χ1) is 12.6. The van der Waals surface area contributed by atoms with E-state index in [9.17, 15) is 18.8 Å². The molecule has 0 atom stereocenters. The van der Waals surface area contributed by atoms with Gasteiger partial charge in [0.05, 0.1) is 11.1 Å². The molecular weight excluding hydrogens is 343 g/mol. The molecule has 1 N–H and O–H groups in total. The molecule has 2 aromatic carbocycles. The van der Waals surface area contributed by atoms with Crippen molar-refractivity contribution in [1.29, 1.82) is 0 Å². The van der Waals surface area contributed by atoms with Crippen LogP contribution in [0.4, 0.5) is 4.39 Å². The van der Waals surface area contributed by atoms with E-state index in [1.165, 1.54) is 12.1 Å². The molecule has 2 aliphatic rings. The highest BCUT2D eigenvalue weighted by Gasteiger charge is 2.37. The summed E-state index contributed by atoms with van der Waals surface area (Å²) in [5, 5.41) is 2.62. The Morgan fingerprint density at radius 3 is 2.73 bits per heavy atom. The van der Waals surface area contributed by atoms with Crippen molar-refractivity contribution in [2.75, 3.05) is 19.9 Å². The molecule has 132 valence electrons. The van der Waals surface area contributed by atoms with Gasteiger partial charge in [-0.05, 0) is 30.3 Å². The maximum atomic E-state index is 13.8. The Hall–Kier alpha value is -3.42. The molecule has 0 unspecified atom stereocenters. The van der Waals surface area contributed by atoms with E-state index in [4.69, 9.17) is 9.47 Å². The molecule has 0 fully saturated rings. The standard InChI is InChI=1S/C18H13FN2O5/c19-12-3-1-2-11-15(12)18(24)21(17(11)23)7-6-20-16(22)10-4-5-13-14(8-10)26-9-25-13/h1-5,8H,6-7,9H2,(H,20,22). The summed E-state index contributed by atoms with van der Waals surface area (Å²) in [5.41, 5.74) is 0.180. The van der Waals surface area contributed by atoms with Gasteiger partial charge in [-0.25, -0.2) is 4.39 Å². The summed E-state index contributed by atoms with van der Waals surface area (Å²) in [5.74, 6) is -1.33. The lowest BCUT2D eigenvalue weighted by molar-refractivity contribution is 0.0648. The Morgan fingerprint density at radius 2 is 1.92 bits per heavy atom. The van der Waals surface area contributed by atoms with E-state index in [0.717, 1.165) is 11.0 Å². The van der Waals surface area contributed by atoms with Gasteiger partial charge < -0.3 is 14.8 Å². The van der Waals surface area contributed by atoms with Crippen molar-refractivity contribution in [3.05, 3.63) is 58.9 Å². The van der Waals surface area contributed by atoms with Gasteiger partial charge in [-0.15, -0.1) is 0 Å². The van der Waals surface area contributed by atoms with E-state index >= 15 is 0 Å². The van der Waals surface area contributed by atoms with Crippen LogP contribution >= 0.6 is 0 Å². The van der Waals surface area contributed by atoms with Gasteiger partial charge in [-0.1, -0.05) is 6.07 Å². The second-order valence-electron chi connectivity index (χ2n) is 5.75. The number of fused-ring (bicyclic) bond motifs is 2. The zero-order valence-corrected chi connectivity index (χ0v) is 13.5. The number of nitrogens with zero attached hydrogens (tertiary/aromatic N) is 1. The minimum atomic E-state index is -0.729. The number of nitrogens with one attached hydrogen (secondary N) is 1. The molecule has 26 heavy (non-hydrogen) atoms. The summed E-state index contributed by atoms with van der Waals surface area (Å²) >= 11 is 0. The van der Waals surface area contributed by atoms with E-state index in [1.54, 1.807) is 18.2 Å². The highest BCUT2D eigenvalue weighted by atomic mass is 19.1. The molecule has 0 radical (unpaired) electrons. The van der Waals surface area contributed by atoms with Crippen LogP contribution in [-0.2, 0) is 0 Å². The topological polar surface area (TPSA) is 84.9 Å². The predicted molar refractivity (Wildman–Crippen MR) is 86.7 cm³/mol. The van der Waals surface area contributed by atoms with Crippen molar-refractivity contribution in [3.8, 4) is 11.5 Å². The van der Waals surface area contributed by atoms with Crippen molar-refractivity contribution >= 4 is 17.7 Å². The molecule has 4 rings (SSSR count). The third-order valence-corrected chi connectivity index (χ3v) is 4.20. The van der Waals surface area contributed by atoms with E-state index in [0.29, 0.717) is 17.1 Å². The fourth-order valence-electron chi connectivity index (χ4n) is 2.92. The third kappa shape index (κ3) is 2.55. The van der Waals surface area contributed by atoms with Gasteiger partial charge in [-0.2, -0.15) is 0 Å². The second kappa shape index (κ2) is 6.14. The maximum Gasteiger partial charge on any atom is 0.264 e. The summed E-state index contributed by atoms with van der Waals surface area (Å²) in [4.78, 5) is 37.6. The second-order valence-corrected chi connectivity index (χ2v) is 5.75. The van der Waals surface area contributed by atoms with E-state index in [1.807, 2.05) is 0 Å². The fourth-order valence-corrected chi connectivity index (χ4v) is 2.92. The number of benzene rings is 2. The van der Waals surface area contributed by atoms with Gasteiger partial charge in [0.2, 0.25) is 6.79 Å². The summed E-state index contributed by atoms with van der Waals surface area (Å²) in [6.07, 6.45) is 0. The van der Waals surface area contributed by atoms with Gasteiger partial charge >= 0.3 is 0 Å². The van der Waals surface area contributed by atoms with Crippen LogP contribution in [0.25, 0.3) is 0 Å². The number of imide groups is 1. The Balaban J connectivity index is 1.39. The summed E-state index contributed by atoms with van der Waals surface area (Å²) in [6.45, 7) is 0.0964. The molecule has 0 bridgehead atoms. The molecule has 3 amide bonds. The molecule has 0 saturated carbocycles. The molecule has 7 nitrogen and oxygen atoms in total. The molecule has 2 aromatic rings. The van der Waals surface area contributed by atoms with Crippen molar-refractivity contribution in [2.24, 2.45) is 0 Å². The van der Waals surface area contributed by atoms with Gasteiger partial charge in [0.15, 0.2) is 11.5 Å². The molecule has 0 spiro atoms. The largest absolute Gasteiger partial charge is 0.454 e. The quantitative estimate of drug-likeness (QED) is 0.841. The van der Waals surface area contributed by atoms with Crippen LogP contribution < -0.4 is 14.8 Å². The minimum Gasteiger partial charge on any atom is -0.454 e. The van der Waals surface area contributed by atoms with Crippen LogP contribution in [0.2, 0.25) is 0 Å². The van der Waals surface area contributed by atoms with Crippen LogP contribution in [0.1, 0.15) is 31.1 Å². The van der Waals surface area contributed by atoms with Gasteiger partial charge in [0.25, 0.3) is 17.7 Å². The lowest BCUT2D eigenvalue weighted by Gasteiger charge is -2.14. The number of rotatable bonds is 4. The molecular formula is C18H13FN2O5. The van der Waals surface area contributed by atoms with Crippen LogP contribution in [0.5, 0.6) is 11.5 Å². The van der Waals surface area contributed by atoms with Crippen molar-refractivity contribution in [3.63, 3.8) is 0 Å². The zero-order chi connectivity index (χ0) is 18.3. The zero-order valence-electron chi connectivity index (χ0n) is 13.5. The molecule has 2 heterocycles. The normalized spacial score (nSPS) is 14.6. The van der Waals surface area contributed by atoms with Crippen molar-refractivity contribution in [1.82, 2.24) is 10.2 Å². The molecule has 0 aromatic heterocycles. The number of amides is 3. The van der Waals surface area contributed by atoms with Crippen LogP contribution in [0, 0.1) is 5.82 Å². The Kier molecular flexibility index (Phi) is 3.80. The number of halogens is 1. The highest BCUT2D eigenvalue weighted by Crippen LogP contribution is 2.32. The molecule has 2 aliphatic heterocycles. The number of hydrogen-bond donors (Lipinski definition) is 1. The Morgan fingerprint density at radius 1 is 1.12 bits per heavy atom. The maximum absolute atomic E-state index is 13.8. The highest BCUT2D eigenvalue weighted by molar-refractivity contribution is 6.21. The first kappa shape index (κ1) is 16.1. The van der Waals surface area contributed by atoms with Crippen LogP contribution in [0.3, 0.4) is 0 Å². The van der Waals surface area contributed by atoms with Crippen molar-refractivity contribution < 1.29 is 28.2 Å². The number of ether oxygens (including phenoxy) is 2. The van der Waals surface area contributed by atoms with Gasteiger partial charge in [0.1, 0.15) is 5.82 Å². The molecule has 0 aliphatic carbocycles. The Labute approximate surface area is 147 Å². The predicted octanol–water partition coefficient (Wildman–Crippen LogP) is 1.58. The first-order valence-electron chi connectivity index (χ1n) is 7.89. The summed E-state index contributed by atoms with van der Waals surface area (Å²) in [7, 11) is 0. The average Bonchev–Trinajstić information content (AvgIpc) is 3.20. The number of carbonyl (C=O) groups is 3. The Bertz CT molecular complexity index is 943. The van der Waals surface area contributed by atoms with Gasteiger partial charge in [-0.3, -0.25) is 19.3 Å². The smallest absolute Gasteiger partial charge is 0.264 e. The molecule has 8 heteroatoms. The van der Waals surface area contributed by atoms with E-state index in [2.05, 4.69) is 5.32 Å². The third-order valence-electron chi connectivity index (χ3n) is 4.20. The number of carbonyl (C=O) groups excluding carboxylic acids is 3. The van der Waals surface area contributed by atoms with Gasteiger partial charge in [0, 0.05) is 18.7 Å². The van der Waals surface area contributed by atoms with Crippen LogP contribution in [-0.4, -0.2) is 42.5 Å². The summed E-state index contributed by atoms with van der Waals surface area (Å²) in [6, 6.07) is 8.68.